The topological polar surface area (TPSA) is 51.2 Å². The molecule has 2 aliphatic rings. The quantitative estimate of drug-likeness (QED) is 0.246. The molecular weight excluding hydrogens is 456 g/mol. The van der Waals surface area contributed by atoms with E-state index in [0.717, 1.165) is 73.6 Å². The van der Waals surface area contributed by atoms with Gasteiger partial charge in [-0.25, -0.2) is 0 Å². The summed E-state index contributed by atoms with van der Waals surface area (Å²) in [5, 5.41) is 0. The monoisotopic (exact) mass is 498 g/mol. The fourth-order valence-corrected chi connectivity index (χ4v) is 6.08. The summed E-state index contributed by atoms with van der Waals surface area (Å²) in [5.41, 5.74) is 6.80. The van der Waals surface area contributed by atoms with Crippen LogP contribution in [0.15, 0.2) is 42.5 Å². The lowest BCUT2D eigenvalue weighted by Gasteiger charge is -2.28. The lowest BCUT2D eigenvalue weighted by Crippen LogP contribution is -2.24. The van der Waals surface area contributed by atoms with Gasteiger partial charge in [0.15, 0.2) is 5.78 Å². The standard InChI is InChI=1S/C34H42O3/c1-6-7-8-27-19-31(34(37)32(35)21(2)3)30-20-28(23(5)17-29(27)30)33(36)26-15-13-25(14-16-26)18-24-11-9-22(4)10-12-24/h9-12,17,19-21,25-27H,6-8,13-16,18H2,1-5H3. The van der Waals surface area contributed by atoms with Crippen molar-refractivity contribution in [2.24, 2.45) is 17.8 Å². The first-order valence-electron chi connectivity index (χ1n) is 14.2. The highest BCUT2D eigenvalue weighted by Crippen LogP contribution is 2.42. The molecule has 1 fully saturated rings. The third-order valence-electron chi connectivity index (χ3n) is 8.44. The van der Waals surface area contributed by atoms with Crippen LogP contribution in [0.4, 0.5) is 0 Å². The fourth-order valence-electron chi connectivity index (χ4n) is 6.08. The Balaban J connectivity index is 1.52. The number of ketones is 3. The molecule has 0 spiro atoms. The number of allylic oxidation sites excluding steroid dienone is 2. The summed E-state index contributed by atoms with van der Waals surface area (Å²) in [6, 6.07) is 12.9. The van der Waals surface area contributed by atoms with Crippen molar-refractivity contribution in [3.8, 4) is 0 Å². The minimum atomic E-state index is -0.408. The van der Waals surface area contributed by atoms with Crippen molar-refractivity contribution in [2.45, 2.75) is 91.9 Å². The van der Waals surface area contributed by atoms with E-state index in [1.165, 1.54) is 11.1 Å². The van der Waals surface area contributed by atoms with Gasteiger partial charge in [0.05, 0.1) is 0 Å². The number of hydrogen-bond acceptors (Lipinski definition) is 3. The normalized spacial score (nSPS) is 21.0. The van der Waals surface area contributed by atoms with Crippen molar-refractivity contribution in [3.05, 3.63) is 75.9 Å². The van der Waals surface area contributed by atoms with Gasteiger partial charge in [-0.15, -0.1) is 0 Å². The molecule has 1 saturated carbocycles. The largest absolute Gasteiger partial charge is 0.294 e. The van der Waals surface area contributed by atoms with E-state index in [1.807, 2.05) is 19.1 Å². The number of fused-ring (bicyclic) bond motifs is 1. The number of benzene rings is 2. The average Bonchev–Trinajstić information content (AvgIpc) is 3.24. The number of Topliss-reactive ketones (excluding diaryl/α,β-unsaturated/α-hetero) is 3. The number of carbonyl (C=O) groups is 3. The highest BCUT2D eigenvalue weighted by atomic mass is 16.2. The predicted molar refractivity (Wildman–Crippen MR) is 151 cm³/mol. The van der Waals surface area contributed by atoms with E-state index in [0.29, 0.717) is 11.5 Å². The van der Waals surface area contributed by atoms with Crippen molar-refractivity contribution in [3.63, 3.8) is 0 Å². The van der Waals surface area contributed by atoms with Crippen molar-refractivity contribution in [1.29, 1.82) is 0 Å². The molecule has 2 aliphatic carbocycles. The Hall–Kier alpha value is -2.81. The van der Waals surface area contributed by atoms with Crippen LogP contribution in [0.1, 0.15) is 110 Å². The smallest absolute Gasteiger partial charge is 0.229 e. The minimum absolute atomic E-state index is 0.0312. The van der Waals surface area contributed by atoms with Gasteiger partial charge in [0, 0.05) is 28.9 Å². The number of hydrogen-bond donors (Lipinski definition) is 0. The van der Waals surface area contributed by atoms with Gasteiger partial charge in [-0.1, -0.05) is 75.6 Å². The molecule has 2 aromatic carbocycles. The predicted octanol–water partition coefficient (Wildman–Crippen LogP) is 8.00. The van der Waals surface area contributed by atoms with Gasteiger partial charge in [0.25, 0.3) is 0 Å². The Bertz CT molecular complexity index is 1190. The van der Waals surface area contributed by atoms with Crippen molar-refractivity contribution in [2.75, 3.05) is 0 Å². The molecule has 0 radical (unpaired) electrons. The van der Waals surface area contributed by atoms with Crippen LogP contribution in [0, 0.1) is 31.6 Å². The van der Waals surface area contributed by atoms with Gasteiger partial charge in [-0.2, -0.15) is 0 Å². The number of rotatable bonds is 10. The molecule has 0 bridgehead atoms. The van der Waals surface area contributed by atoms with Gasteiger partial charge >= 0.3 is 0 Å². The van der Waals surface area contributed by atoms with Gasteiger partial charge in [-0.3, -0.25) is 14.4 Å². The SMILES string of the molecule is CCCCC1C=C(C(=O)C(=O)C(C)C)c2cc(C(=O)C3CCC(Cc4ccc(C)cc4)CC3)c(C)cc21. The van der Waals surface area contributed by atoms with E-state index in [4.69, 9.17) is 0 Å². The molecule has 0 aromatic heterocycles. The maximum Gasteiger partial charge on any atom is 0.229 e. The van der Waals surface area contributed by atoms with E-state index < -0.39 is 5.78 Å². The molecule has 196 valence electrons. The molecule has 0 N–H and O–H groups in total. The Morgan fingerprint density at radius 1 is 0.946 bits per heavy atom. The summed E-state index contributed by atoms with van der Waals surface area (Å²) in [7, 11) is 0. The van der Waals surface area contributed by atoms with Crippen molar-refractivity contribution < 1.29 is 14.4 Å². The first kappa shape index (κ1) is 27.2. The van der Waals surface area contributed by atoms with Crippen LogP contribution in [0.5, 0.6) is 0 Å². The zero-order chi connectivity index (χ0) is 26.7. The van der Waals surface area contributed by atoms with Crippen molar-refractivity contribution >= 4 is 22.9 Å². The second kappa shape index (κ2) is 11.7. The van der Waals surface area contributed by atoms with E-state index in [2.05, 4.69) is 44.2 Å². The van der Waals surface area contributed by atoms with Crippen LogP contribution in [-0.4, -0.2) is 17.3 Å². The van der Waals surface area contributed by atoms with Crippen LogP contribution >= 0.6 is 0 Å². The van der Waals surface area contributed by atoms with Gasteiger partial charge in [0.1, 0.15) is 0 Å². The number of carbonyl (C=O) groups excluding carboxylic acids is 3. The number of unbranched alkanes of at least 4 members (excludes halogenated alkanes) is 1. The second-order valence-corrected chi connectivity index (χ2v) is 11.7. The zero-order valence-corrected chi connectivity index (χ0v) is 23.2. The number of aryl methyl sites for hydroxylation is 2. The molecule has 3 nitrogen and oxygen atoms in total. The second-order valence-electron chi connectivity index (χ2n) is 11.7. The first-order chi connectivity index (χ1) is 17.7. The fraction of sp³-hybridized carbons (Fsp3) is 0.500. The van der Waals surface area contributed by atoms with Gasteiger partial charge in [0.2, 0.25) is 11.6 Å². The molecule has 37 heavy (non-hydrogen) atoms. The maximum atomic E-state index is 13.7. The summed E-state index contributed by atoms with van der Waals surface area (Å²) in [6.07, 6.45) is 10.1. The molecule has 4 rings (SSSR count). The zero-order valence-electron chi connectivity index (χ0n) is 23.2. The summed E-state index contributed by atoms with van der Waals surface area (Å²) in [4.78, 5) is 39.5. The highest BCUT2D eigenvalue weighted by molar-refractivity contribution is 6.54. The van der Waals surface area contributed by atoms with Crippen LogP contribution in [0.25, 0.3) is 5.57 Å². The van der Waals surface area contributed by atoms with Crippen LogP contribution in [0.2, 0.25) is 0 Å². The Kier molecular flexibility index (Phi) is 8.62. The Labute approximate surface area is 222 Å². The molecule has 0 heterocycles. The van der Waals surface area contributed by atoms with E-state index >= 15 is 0 Å². The Morgan fingerprint density at radius 3 is 2.24 bits per heavy atom. The molecule has 1 atom stereocenters. The molecule has 0 saturated heterocycles. The van der Waals surface area contributed by atoms with Gasteiger partial charge < -0.3 is 0 Å². The lowest BCUT2D eigenvalue weighted by atomic mass is 9.75. The van der Waals surface area contributed by atoms with Crippen LogP contribution < -0.4 is 0 Å². The first-order valence-corrected chi connectivity index (χ1v) is 14.2. The van der Waals surface area contributed by atoms with Crippen LogP contribution in [-0.2, 0) is 16.0 Å². The highest BCUT2D eigenvalue weighted by Gasteiger charge is 2.34. The molecule has 0 aliphatic heterocycles. The van der Waals surface area contributed by atoms with E-state index in [1.54, 1.807) is 13.8 Å². The third kappa shape index (κ3) is 6.03. The van der Waals surface area contributed by atoms with E-state index in [9.17, 15) is 14.4 Å². The molecule has 0 amide bonds. The summed E-state index contributed by atoms with van der Waals surface area (Å²) in [6.45, 7) is 9.84. The minimum Gasteiger partial charge on any atom is -0.294 e. The maximum absolute atomic E-state index is 13.7. The molecule has 1 unspecified atom stereocenters. The lowest BCUT2D eigenvalue weighted by molar-refractivity contribution is -0.135. The Morgan fingerprint density at radius 2 is 1.62 bits per heavy atom. The van der Waals surface area contributed by atoms with Crippen molar-refractivity contribution in [1.82, 2.24) is 0 Å². The average molecular weight is 499 g/mol. The van der Waals surface area contributed by atoms with E-state index in [-0.39, 0.29) is 29.3 Å². The molecule has 2 aromatic rings. The molecule has 3 heteroatoms. The van der Waals surface area contributed by atoms with Crippen LogP contribution in [0.3, 0.4) is 0 Å². The third-order valence-corrected chi connectivity index (χ3v) is 8.44. The molecular formula is C34H42O3. The van der Waals surface area contributed by atoms with Gasteiger partial charge in [-0.05, 0) is 86.6 Å². The summed E-state index contributed by atoms with van der Waals surface area (Å²) in [5.74, 6) is -0.108. The summed E-state index contributed by atoms with van der Waals surface area (Å²) < 4.78 is 0. The summed E-state index contributed by atoms with van der Waals surface area (Å²) >= 11 is 0.